The molecule has 2 nitrogen and oxygen atoms in total. The summed E-state index contributed by atoms with van der Waals surface area (Å²) in [5, 5.41) is 8.75. The molecule has 0 aliphatic rings. The second-order valence-electron chi connectivity index (χ2n) is 3.72. The summed E-state index contributed by atoms with van der Waals surface area (Å²) in [5.74, 6) is 0. The van der Waals surface area contributed by atoms with Crippen LogP contribution in [0.15, 0.2) is 11.6 Å². The molecule has 2 heteroatoms. The van der Waals surface area contributed by atoms with Gasteiger partial charge in [0.1, 0.15) is 6.29 Å². The number of allylic oxidation sites excluding steroid dienone is 2. The van der Waals surface area contributed by atoms with Gasteiger partial charge < -0.3 is 4.79 Å². The number of hydrogen-bond acceptors (Lipinski definition) is 2. The lowest BCUT2D eigenvalue weighted by molar-refractivity contribution is -0.107. The number of rotatable bonds is 3. The second-order valence-corrected chi connectivity index (χ2v) is 3.72. The Balaban J connectivity index is 4.27. The van der Waals surface area contributed by atoms with E-state index in [9.17, 15) is 4.79 Å². The normalized spacial score (nSPS) is 12.3. The first-order valence-electron chi connectivity index (χ1n) is 4.06. The van der Waals surface area contributed by atoms with E-state index in [4.69, 9.17) is 5.26 Å². The Kier molecular flexibility index (Phi) is 4.28. The van der Waals surface area contributed by atoms with E-state index in [1.54, 1.807) is 0 Å². The minimum atomic E-state index is -0.0996. The standard InChI is InChI=1S/C10H15NO/c1-10(2,3)9(8-11)6-4-5-7-12/h6-7H,4-5H2,1-3H3/b9-6+. The molecule has 0 amide bonds. The molecule has 0 spiro atoms. The van der Waals surface area contributed by atoms with Crippen LogP contribution in [-0.4, -0.2) is 6.29 Å². The average Bonchev–Trinajstić information content (AvgIpc) is 1.95. The van der Waals surface area contributed by atoms with Gasteiger partial charge in [0.25, 0.3) is 0 Å². The van der Waals surface area contributed by atoms with Crippen LogP contribution in [0, 0.1) is 16.7 Å². The lowest BCUT2D eigenvalue weighted by Gasteiger charge is -2.16. The SMILES string of the molecule is CC(C)(C)/C(C#N)=C/CCC=O. The molecule has 0 bridgehead atoms. The predicted octanol–water partition coefficient (Wildman–Crippen LogP) is 2.46. The first-order chi connectivity index (χ1) is 5.52. The third kappa shape index (κ3) is 3.92. The van der Waals surface area contributed by atoms with Gasteiger partial charge in [-0.05, 0) is 11.8 Å². The summed E-state index contributed by atoms with van der Waals surface area (Å²) in [4.78, 5) is 10.0. The largest absolute Gasteiger partial charge is 0.303 e. The Morgan fingerprint density at radius 1 is 1.42 bits per heavy atom. The molecule has 0 fully saturated rings. The zero-order valence-electron chi connectivity index (χ0n) is 7.92. The lowest BCUT2D eigenvalue weighted by atomic mass is 9.86. The van der Waals surface area contributed by atoms with Crippen LogP contribution in [0.5, 0.6) is 0 Å². The number of carbonyl (C=O) groups is 1. The van der Waals surface area contributed by atoms with Crippen LogP contribution >= 0.6 is 0 Å². The van der Waals surface area contributed by atoms with Crippen molar-refractivity contribution in [1.29, 1.82) is 5.26 Å². The Labute approximate surface area is 73.9 Å². The number of nitrogens with zero attached hydrogens (tertiary/aromatic N) is 1. The van der Waals surface area contributed by atoms with E-state index in [0.29, 0.717) is 12.8 Å². The van der Waals surface area contributed by atoms with Gasteiger partial charge in [0.2, 0.25) is 0 Å². The Bertz CT molecular complexity index is 215. The number of carbonyl (C=O) groups excluding carboxylic acids is 1. The second kappa shape index (κ2) is 4.71. The van der Waals surface area contributed by atoms with Crippen LogP contribution in [0.3, 0.4) is 0 Å². The van der Waals surface area contributed by atoms with Crippen LogP contribution in [0.25, 0.3) is 0 Å². The van der Waals surface area contributed by atoms with Gasteiger partial charge >= 0.3 is 0 Å². The quantitative estimate of drug-likeness (QED) is 0.366. The molecule has 0 aliphatic heterocycles. The maximum absolute atomic E-state index is 10.0. The molecule has 0 heterocycles. The summed E-state index contributed by atoms with van der Waals surface area (Å²) in [7, 11) is 0. The molecular weight excluding hydrogens is 150 g/mol. The number of nitriles is 1. The molecule has 0 aliphatic carbocycles. The Morgan fingerprint density at radius 3 is 2.33 bits per heavy atom. The molecule has 0 aromatic heterocycles. The van der Waals surface area contributed by atoms with E-state index in [-0.39, 0.29) is 5.41 Å². The number of hydrogen-bond donors (Lipinski definition) is 0. The minimum Gasteiger partial charge on any atom is -0.303 e. The maximum atomic E-state index is 10.0. The third-order valence-corrected chi connectivity index (χ3v) is 1.56. The summed E-state index contributed by atoms with van der Waals surface area (Å²) in [5.41, 5.74) is 0.654. The van der Waals surface area contributed by atoms with Crippen LogP contribution in [0.4, 0.5) is 0 Å². The highest BCUT2D eigenvalue weighted by atomic mass is 16.1. The van der Waals surface area contributed by atoms with Gasteiger partial charge in [0, 0.05) is 12.0 Å². The highest BCUT2D eigenvalue weighted by Gasteiger charge is 2.15. The van der Waals surface area contributed by atoms with Crippen molar-refractivity contribution in [2.75, 3.05) is 0 Å². The van der Waals surface area contributed by atoms with Gasteiger partial charge in [0.15, 0.2) is 0 Å². The molecule has 0 saturated heterocycles. The number of aldehydes is 1. The van der Waals surface area contributed by atoms with E-state index in [1.807, 2.05) is 26.8 Å². The molecule has 0 saturated carbocycles. The average molecular weight is 165 g/mol. The Morgan fingerprint density at radius 2 is 2.00 bits per heavy atom. The number of unbranched alkanes of at least 4 members (excludes halogenated alkanes) is 1. The van der Waals surface area contributed by atoms with Crippen molar-refractivity contribution in [1.82, 2.24) is 0 Å². The van der Waals surface area contributed by atoms with Crippen molar-refractivity contribution >= 4 is 6.29 Å². The molecule has 66 valence electrons. The van der Waals surface area contributed by atoms with E-state index in [2.05, 4.69) is 6.07 Å². The zero-order valence-corrected chi connectivity index (χ0v) is 7.92. The monoisotopic (exact) mass is 165 g/mol. The molecule has 0 aromatic carbocycles. The van der Waals surface area contributed by atoms with Gasteiger partial charge in [-0.25, -0.2) is 0 Å². The van der Waals surface area contributed by atoms with E-state index in [0.717, 1.165) is 11.9 Å². The molecule has 0 rings (SSSR count). The fourth-order valence-corrected chi connectivity index (χ4v) is 0.815. The summed E-state index contributed by atoms with van der Waals surface area (Å²) in [6.45, 7) is 5.97. The summed E-state index contributed by atoms with van der Waals surface area (Å²) in [6, 6.07) is 2.15. The van der Waals surface area contributed by atoms with Gasteiger partial charge in [-0.2, -0.15) is 5.26 Å². The lowest BCUT2D eigenvalue weighted by Crippen LogP contribution is -2.07. The molecule has 0 radical (unpaired) electrons. The fourth-order valence-electron chi connectivity index (χ4n) is 0.815. The van der Waals surface area contributed by atoms with E-state index in [1.165, 1.54) is 0 Å². The Hall–Kier alpha value is -1.10. The molecule has 0 atom stereocenters. The molecular formula is C10H15NO. The van der Waals surface area contributed by atoms with Crippen molar-refractivity contribution in [3.63, 3.8) is 0 Å². The highest BCUT2D eigenvalue weighted by molar-refractivity contribution is 5.49. The first-order valence-corrected chi connectivity index (χ1v) is 4.06. The van der Waals surface area contributed by atoms with E-state index < -0.39 is 0 Å². The molecule has 0 unspecified atom stereocenters. The summed E-state index contributed by atoms with van der Waals surface area (Å²) in [6.07, 6.45) is 3.88. The fraction of sp³-hybridized carbons (Fsp3) is 0.600. The highest BCUT2D eigenvalue weighted by Crippen LogP contribution is 2.24. The van der Waals surface area contributed by atoms with Gasteiger partial charge in [-0.1, -0.05) is 26.8 Å². The van der Waals surface area contributed by atoms with Crippen molar-refractivity contribution in [3.8, 4) is 6.07 Å². The van der Waals surface area contributed by atoms with Crippen LogP contribution in [0.2, 0.25) is 0 Å². The zero-order chi connectivity index (χ0) is 9.61. The van der Waals surface area contributed by atoms with Crippen LogP contribution in [-0.2, 0) is 4.79 Å². The minimum absolute atomic E-state index is 0.0996. The van der Waals surface area contributed by atoms with Crippen molar-refractivity contribution in [2.45, 2.75) is 33.6 Å². The van der Waals surface area contributed by atoms with Crippen molar-refractivity contribution in [3.05, 3.63) is 11.6 Å². The molecule has 12 heavy (non-hydrogen) atoms. The van der Waals surface area contributed by atoms with Crippen molar-refractivity contribution < 1.29 is 4.79 Å². The van der Waals surface area contributed by atoms with Gasteiger partial charge in [0.05, 0.1) is 6.07 Å². The van der Waals surface area contributed by atoms with E-state index >= 15 is 0 Å². The molecule has 0 aromatic rings. The van der Waals surface area contributed by atoms with Crippen LogP contribution in [0.1, 0.15) is 33.6 Å². The topological polar surface area (TPSA) is 40.9 Å². The smallest absolute Gasteiger partial charge is 0.120 e. The first kappa shape index (κ1) is 10.9. The predicted molar refractivity (Wildman–Crippen MR) is 48.4 cm³/mol. The van der Waals surface area contributed by atoms with Gasteiger partial charge in [-0.3, -0.25) is 0 Å². The molecule has 0 N–H and O–H groups in total. The maximum Gasteiger partial charge on any atom is 0.120 e. The van der Waals surface area contributed by atoms with Gasteiger partial charge in [-0.15, -0.1) is 0 Å². The third-order valence-electron chi connectivity index (χ3n) is 1.56. The summed E-state index contributed by atoms with van der Waals surface area (Å²) < 4.78 is 0. The summed E-state index contributed by atoms with van der Waals surface area (Å²) >= 11 is 0. The van der Waals surface area contributed by atoms with Crippen LogP contribution < -0.4 is 0 Å². The van der Waals surface area contributed by atoms with Crippen molar-refractivity contribution in [2.24, 2.45) is 5.41 Å².